The summed E-state index contributed by atoms with van der Waals surface area (Å²) in [6.45, 7) is 1.68. The minimum atomic E-state index is -1.15. The summed E-state index contributed by atoms with van der Waals surface area (Å²) in [5, 5.41) is 9.42. The van der Waals surface area contributed by atoms with Crippen molar-refractivity contribution >= 4 is 29.5 Å². The molecule has 0 amide bonds. The number of rotatable bonds is 5. The van der Waals surface area contributed by atoms with E-state index in [1.165, 1.54) is 0 Å². The summed E-state index contributed by atoms with van der Waals surface area (Å²) >= 11 is 5.48. The number of carbonyl (C=O) groups excluding carboxylic acids is 1. The third kappa shape index (κ3) is 3.62. The van der Waals surface area contributed by atoms with Crippen LogP contribution in [0.4, 0.5) is 8.78 Å². The van der Waals surface area contributed by atoms with Crippen molar-refractivity contribution in [2.24, 2.45) is 4.99 Å². The standard InChI is InChI=1S/C15H14ClF2NO3/c1-2-22-15(21)10(7-19-8-3-4-8)14(20)9-5-6-11(17)12(16)13(9)18/h5-8,20H,2-4H2,1H3/b14-10-,19-7?. The maximum atomic E-state index is 14.0. The molecule has 0 spiro atoms. The van der Waals surface area contributed by atoms with Gasteiger partial charge < -0.3 is 9.84 Å². The van der Waals surface area contributed by atoms with Crippen LogP contribution in [0.2, 0.25) is 5.02 Å². The van der Waals surface area contributed by atoms with Crippen molar-refractivity contribution in [2.45, 2.75) is 25.8 Å². The number of esters is 1. The van der Waals surface area contributed by atoms with Gasteiger partial charge in [-0.05, 0) is 31.9 Å². The summed E-state index contributed by atoms with van der Waals surface area (Å²) in [7, 11) is 0. The van der Waals surface area contributed by atoms with E-state index in [-0.39, 0.29) is 18.2 Å². The highest BCUT2D eigenvalue weighted by molar-refractivity contribution is 6.31. The largest absolute Gasteiger partial charge is 0.506 e. The lowest BCUT2D eigenvalue weighted by Crippen LogP contribution is -2.12. The zero-order valence-electron chi connectivity index (χ0n) is 11.8. The first-order valence-corrected chi connectivity index (χ1v) is 7.10. The Morgan fingerprint density at radius 1 is 1.50 bits per heavy atom. The van der Waals surface area contributed by atoms with Crippen LogP contribution in [-0.4, -0.2) is 29.9 Å². The fraction of sp³-hybridized carbons (Fsp3) is 0.333. The van der Waals surface area contributed by atoms with Crippen LogP contribution in [0.5, 0.6) is 0 Å². The first kappa shape index (κ1) is 16.4. The van der Waals surface area contributed by atoms with Crippen LogP contribution in [0.15, 0.2) is 22.7 Å². The molecule has 0 unspecified atom stereocenters. The third-order valence-corrected chi connectivity index (χ3v) is 3.35. The van der Waals surface area contributed by atoms with Crippen molar-refractivity contribution < 1.29 is 23.4 Å². The van der Waals surface area contributed by atoms with Crippen molar-refractivity contribution in [1.29, 1.82) is 0 Å². The van der Waals surface area contributed by atoms with E-state index in [4.69, 9.17) is 16.3 Å². The van der Waals surface area contributed by atoms with Gasteiger partial charge in [-0.15, -0.1) is 0 Å². The van der Waals surface area contributed by atoms with Crippen molar-refractivity contribution in [1.82, 2.24) is 0 Å². The highest BCUT2D eigenvalue weighted by Crippen LogP contribution is 2.28. The second-order valence-electron chi connectivity index (χ2n) is 4.72. The van der Waals surface area contributed by atoms with Gasteiger partial charge >= 0.3 is 5.97 Å². The number of aliphatic hydroxyl groups excluding tert-OH is 1. The second-order valence-corrected chi connectivity index (χ2v) is 5.09. The lowest BCUT2D eigenvalue weighted by atomic mass is 10.1. The van der Waals surface area contributed by atoms with E-state index < -0.39 is 33.9 Å². The first-order valence-electron chi connectivity index (χ1n) is 6.73. The molecule has 0 radical (unpaired) electrons. The maximum absolute atomic E-state index is 14.0. The van der Waals surface area contributed by atoms with Crippen LogP contribution < -0.4 is 0 Å². The minimum Gasteiger partial charge on any atom is -0.506 e. The molecule has 2 rings (SSSR count). The molecule has 0 atom stereocenters. The Hall–Kier alpha value is -1.95. The van der Waals surface area contributed by atoms with Gasteiger partial charge in [-0.1, -0.05) is 11.6 Å². The number of hydrogen-bond donors (Lipinski definition) is 1. The lowest BCUT2D eigenvalue weighted by molar-refractivity contribution is -0.137. The summed E-state index contributed by atoms with van der Waals surface area (Å²) < 4.78 is 32.0. The Bertz CT molecular complexity index is 654. The van der Waals surface area contributed by atoms with Crippen LogP contribution in [0.1, 0.15) is 25.3 Å². The number of nitrogens with zero attached hydrogens (tertiary/aromatic N) is 1. The number of halogens is 3. The summed E-state index contributed by atoms with van der Waals surface area (Å²) in [6, 6.07) is 1.99. The SMILES string of the molecule is CCOC(=O)/C(C=NC1CC1)=C(\O)c1ccc(F)c(Cl)c1F. The van der Waals surface area contributed by atoms with Gasteiger partial charge in [-0.2, -0.15) is 0 Å². The van der Waals surface area contributed by atoms with Crippen molar-refractivity contribution in [2.75, 3.05) is 6.61 Å². The van der Waals surface area contributed by atoms with Gasteiger partial charge in [0.15, 0.2) is 5.82 Å². The molecule has 0 saturated heterocycles. The summed E-state index contributed by atoms with van der Waals surface area (Å²) in [6.07, 6.45) is 2.94. The van der Waals surface area contributed by atoms with Crippen LogP contribution in [0.3, 0.4) is 0 Å². The predicted octanol–water partition coefficient (Wildman–Crippen LogP) is 3.68. The zero-order valence-corrected chi connectivity index (χ0v) is 12.5. The predicted molar refractivity (Wildman–Crippen MR) is 79.1 cm³/mol. The number of aliphatic hydroxyl groups is 1. The molecule has 118 valence electrons. The van der Waals surface area contributed by atoms with Crippen molar-refractivity contribution in [3.05, 3.63) is 39.9 Å². The Kier molecular flexibility index (Phi) is 5.13. The zero-order chi connectivity index (χ0) is 16.3. The second kappa shape index (κ2) is 6.87. The maximum Gasteiger partial charge on any atom is 0.343 e. The Morgan fingerprint density at radius 3 is 2.77 bits per heavy atom. The van der Waals surface area contributed by atoms with Gasteiger partial charge in [0, 0.05) is 6.21 Å². The van der Waals surface area contributed by atoms with Crippen molar-refractivity contribution in [3.63, 3.8) is 0 Å². The summed E-state index contributed by atoms with van der Waals surface area (Å²) in [4.78, 5) is 16.0. The number of hydrogen-bond acceptors (Lipinski definition) is 4. The third-order valence-electron chi connectivity index (χ3n) is 3.00. The monoisotopic (exact) mass is 329 g/mol. The molecule has 1 aliphatic carbocycles. The van der Waals surface area contributed by atoms with E-state index in [0.29, 0.717) is 0 Å². The lowest BCUT2D eigenvalue weighted by Gasteiger charge is -2.09. The van der Waals surface area contributed by atoms with Gasteiger partial charge in [0.1, 0.15) is 22.2 Å². The molecule has 1 N–H and O–H groups in total. The molecular weight excluding hydrogens is 316 g/mol. The number of carbonyl (C=O) groups is 1. The highest BCUT2D eigenvalue weighted by Gasteiger charge is 2.24. The minimum absolute atomic E-state index is 0.0829. The number of benzene rings is 1. The Morgan fingerprint density at radius 2 is 2.18 bits per heavy atom. The molecule has 0 aromatic heterocycles. The van der Waals surface area contributed by atoms with Gasteiger partial charge in [0.25, 0.3) is 0 Å². The van der Waals surface area contributed by atoms with E-state index >= 15 is 0 Å². The van der Waals surface area contributed by atoms with E-state index in [2.05, 4.69) is 4.99 Å². The smallest absolute Gasteiger partial charge is 0.343 e. The highest BCUT2D eigenvalue weighted by atomic mass is 35.5. The van der Waals surface area contributed by atoms with E-state index in [1.807, 2.05) is 0 Å². The number of aliphatic imine (C=N–C) groups is 1. The molecule has 1 saturated carbocycles. The molecule has 1 aromatic rings. The molecule has 1 aliphatic rings. The Balaban J connectivity index is 2.47. The van der Waals surface area contributed by atoms with E-state index in [0.717, 1.165) is 31.2 Å². The van der Waals surface area contributed by atoms with Gasteiger partial charge in [0.2, 0.25) is 0 Å². The van der Waals surface area contributed by atoms with Gasteiger partial charge in [-0.3, -0.25) is 4.99 Å². The summed E-state index contributed by atoms with van der Waals surface area (Å²) in [5.74, 6) is -3.65. The van der Waals surface area contributed by atoms with Crippen LogP contribution in [0, 0.1) is 11.6 Å². The van der Waals surface area contributed by atoms with Crippen LogP contribution in [-0.2, 0) is 9.53 Å². The summed E-state index contributed by atoms with van der Waals surface area (Å²) in [5.41, 5.74) is -0.688. The van der Waals surface area contributed by atoms with Gasteiger partial charge in [0.05, 0.1) is 18.2 Å². The van der Waals surface area contributed by atoms with E-state index in [9.17, 15) is 18.7 Å². The molecule has 1 fully saturated rings. The van der Waals surface area contributed by atoms with Crippen LogP contribution >= 0.6 is 11.6 Å². The molecular formula is C15H14ClF2NO3. The molecule has 0 bridgehead atoms. The average Bonchev–Trinajstić information content (AvgIpc) is 3.29. The fourth-order valence-corrected chi connectivity index (χ4v) is 1.84. The van der Waals surface area contributed by atoms with Crippen molar-refractivity contribution in [3.8, 4) is 0 Å². The molecule has 22 heavy (non-hydrogen) atoms. The molecule has 4 nitrogen and oxygen atoms in total. The topological polar surface area (TPSA) is 58.9 Å². The molecule has 0 aliphatic heterocycles. The number of ether oxygens (including phenoxy) is 1. The Labute approximate surface area is 131 Å². The van der Waals surface area contributed by atoms with Gasteiger partial charge in [-0.25, -0.2) is 13.6 Å². The van der Waals surface area contributed by atoms with E-state index in [1.54, 1.807) is 6.92 Å². The molecule has 1 aromatic carbocycles. The van der Waals surface area contributed by atoms with Crippen LogP contribution in [0.25, 0.3) is 5.76 Å². The fourth-order valence-electron chi connectivity index (χ4n) is 1.68. The molecule has 7 heteroatoms. The quantitative estimate of drug-likeness (QED) is 0.295. The molecule has 0 heterocycles. The normalized spacial score (nSPS) is 15.8. The average molecular weight is 330 g/mol. The first-order chi connectivity index (χ1) is 10.5.